The summed E-state index contributed by atoms with van der Waals surface area (Å²) < 4.78 is 10.2. The normalized spacial score (nSPS) is 9.50. The predicted octanol–water partition coefficient (Wildman–Crippen LogP) is 0.524. The maximum absolute atomic E-state index is 5.08. The Morgan fingerprint density at radius 1 is 0.917 bits per heavy atom. The molecule has 2 heteroatoms. The fraction of sp³-hybridized carbons (Fsp3) is 0.200. The smallest absolute Gasteiger partial charge is 0.161 e. The summed E-state index contributed by atoms with van der Waals surface area (Å²) in [4.78, 5) is 0. The summed E-state index contributed by atoms with van der Waals surface area (Å²) in [7, 11) is 3.19. The molecule has 1 rings (SSSR count). The van der Waals surface area contributed by atoms with Crippen LogP contribution in [0.25, 0.3) is 13.2 Å². The molecule has 0 atom stereocenters. The molecule has 0 fully saturated rings. The molecule has 0 saturated heterocycles. The summed E-state index contributed by atoms with van der Waals surface area (Å²) in [6.07, 6.45) is 0. The minimum absolute atomic E-state index is 0.690. The second-order valence-electron chi connectivity index (χ2n) is 2.48. The summed E-state index contributed by atoms with van der Waals surface area (Å²) >= 11 is 0. The average Bonchev–Trinajstić information content (AvgIpc) is 2.09. The summed E-state index contributed by atoms with van der Waals surface area (Å²) in [6.45, 7) is 7.61. The molecule has 0 aliphatic carbocycles. The first-order chi connectivity index (χ1) is 5.69. The number of rotatable bonds is 2. The van der Waals surface area contributed by atoms with Crippen molar-refractivity contribution in [2.45, 2.75) is 0 Å². The molecule has 0 N–H and O–H groups in total. The van der Waals surface area contributed by atoms with Gasteiger partial charge in [-0.05, 0) is 22.6 Å². The first kappa shape index (κ1) is 8.65. The van der Waals surface area contributed by atoms with Crippen molar-refractivity contribution >= 4 is 13.2 Å². The first-order valence-corrected chi connectivity index (χ1v) is 3.59. The van der Waals surface area contributed by atoms with Crippen LogP contribution in [-0.4, -0.2) is 14.2 Å². The third-order valence-electron chi connectivity index (χ3n) is 1.71. The van der Waals surface area contributed by atoms with E-state index in [1.165, 1.54) is 0 Å². The lowest BCUT2D eigenvalue weighted by Crippen LogP contribution is -2.21. The Morgan fingerprint density at radius 2 is 1.25 bits per heavy atom. The predicted molar refractivity (Wildman–Crippen MR) is 49.8 cm³/mol. The zero-order valence-electron chi connectivity index (χ0n) is 7.39. The molecule has 0 aromatic heterocycles. The maximum atomic E-state index is 5.08. The minimum Gasteiger partial charge on any atom is -0.493 e. The Hall–Kier alpha value is -1.44. The minimum atomic E-state index is 0.690. The summed E-state index contributed by atoms with van der Waals surface area (Å²) in [5.41, 5.74) is 0. The van der Waals surface area contributed by atoms with Gasteiger partial charge in [0.2, 0.25) is 0 Å². The molecule has 0 amide bonds. The highest BCUT2D eigenvalue weighted by Crippen LogP contribution is 2.21. The van der Waals surface area contributed by atoms with Crippen molar-refractivity contribution in [2.24, 2.45) is 0 Å². The number of benzene rings is 1. The Bertz CT molecular complexity index is 331. The van der Waals surface area contributed by atoms with E-state index in [9.17, 15) is 0 Å². The molecule has 0 heterocycles. The SMILES string of the molecule is C=c1cc(OC)c(OC)cc1=C. The quantitative estimate of drug-likeness (QED) is 0.634. The van der Waals surface area contributed by atoms with Gasteiger partial charge in [0.15, 0.2) is 11.5 Å². The molecule has 0 spiro atoms. The van der Waals surface area contributed by atoms with Gasteiger partial charge in [0.1, 0.15) is 0 Å². The molecule has 64 valence electrons. The van der Waals surface area contributed by atoms with Gasteiger partial charge in [0.05, 0.1) is 14.2 Å². The van der Waals surface area contributed by atoms with E-state index in [-0.39, 0.29) is 0 Å². The highest BCUT2D eigenvalue weighted by atomic mass is 16.5. The number of hydrogen-bond acceptors (Lipinski definition) is 2. The molecular weight excluding hydrogens is 152 g/mol. The lowest BCUT2D eigenvalue weighted by Gasteiger charge is -2.06. The molecule has 0 bridgehead atoms. The molecule has 0 unspecified atom stereocenters. The van der Waals surface area contributed by atoms with Gasteiger partial charge in [0.25, 0.3) is 0 Å². The van der Waals surface area contributed by atoms with Crippen LogP contribution < -0.4 is 19.9 Å². The molecular formula is C10H12O2. The molecule has 2 nitrogen and oxygen atoms in total. The van der Waals surface area contributed by atoms with E-state index < -0.39 is 0 Å². The monoisotopic (exact) mass is 164 g/mol. The second-order valence-corrected chi connectivity index (χ2v) is 2.48. The first-order valence-electron chi connectivity index (χ1n) is 3.59. The summed E-state index contributed by atoms with van der Waals surface area (Å²) in [5.74, 6) is 1.38. The maximum Gasteiger partial charge on any atom is 0.161 e. The number of ether oxygens (including phenoxy) is 2. The number of methoxy groups -OCH3 is 2. The van der Waals surface area contributed by atoms with E-state index in [2.05, 4.69) is 13.2 Å². The Balaban J connectivity index is 3.39. The van der Waals surface area contributed by atoms with Crippen LogP contribution in [-0.2, 0) is 0 Å². The van der Waals surface area contributed by atoms with Crippen LogP contribution in [0.4, 0.5) is 0 Å². The van der Waals surface area contributed by atoms with Crippen LogP contribution >= 0.6 is 0 Å². The van der Waals surface area contributed by atoms with Crippen molar-refractivity contribution < 1.29 is 9.47 Å². The van der Waals surface area contributed by atoms with E-state index in [1.807, 2.05) is 0 Å². The summed E-state index contributed by atoms with van der Waals surface area (Å²) in [5, 5.41) is 1.71. The van der Waals surface area contributed by atoms with Gasteiger partial charge in [-0.15, -0.1) is 0 Å². The van der Waals surface area contributed by atoms with Gasteiger partial charge in [-0.25, -0.2) is 0 Å². The van der Waals surface area contributed by atoms with Crippen LogP contribution in [0.15, 0.2) is 12.1 Å². The topological polar surface area (TPSA) is 18.5 Å². The van der Waals surface area contributed by atoms with Crippen LogP contribution in [0.1, 0.15) is 0 Å². The molecule has 0 radical (unpaired) electrons. The van der Waals surface area contributed by atoms with Gasteiger partial charge in [-0.1, -0.05) is 13.2 Å². The van der Waals surface area contributed by atoms with Gasteiger partial charge < -0.3 is 9.47 Å². The highest BCUT2D eigenvalue weighted by Gasteiger charge is 2.00. The lowest BCUT2D eigenvalue weighted by molar-refractivity contribution is 0.354. The molecule has 0 aliphatic rings. The molecule has 0 saturated carbocycles. The molecule has 1 aromatic rings. The van der Waals surface area contributed by atoms with Crippen LogP contribution in [0, 0.1) is 0 Å². The molecule has 0 aliphatic heterocycles. The zero-order chi connectivity index (χ0) is 9.14. The lowest BCUT2D eigenvalue weighted by atomic mass is 10.2. The fourth-order valence-electron chi connectivity index (χ4n) is 0.963. The molecule has 12 heavy (non-hydrogen) atoms. The van der Waals surface area contributed by atoms with Gasteiger partial charge in [-0.3, -0.25) is 0 Å². The van der Waals surface area contributed by atoms with E-state index in [0.29, 0.717) is 11.5 Å². The van der Waals surface area contributed by atoms with Crippen LogP contribution in [0.3, 0.4) is 0 Å². The third-order valence-corrected chi connectivity index (χ3v) is 1.71. The largest absolute Gasteiger partial charge is 0.493 e. The van der Waals surface area contributed by atoms with Crippen LogP contribution in [0.2, 0.25) is 0 Å². The van der Waals surface area contributed by atoms with Crippen molar-refractivity contribution in [3.8, 4) is 11.5 Å². The fourth-order valence-corrected chi connectivity index (χ4v) is 0.963. The van der Waals surface area contributed by atoms with Crippen LogP contribution in [0.5, 0.6) is 11.5 Å². The van der Waals surface area contributed by atoms with Crippen molar-refractivity contribution in [1.82, 2.24) is 0 Å². The van der Waals surface area contributed by atoms with Gasteiger partial charge in [0, 0.05) is 0 Å². The third kappa shape index (κ3) is 1.42. The van der Waals surface area contributed by atoms with E-state index >= 15 is 0 Å². The van der Waals surface area contributed by atoms with Crippen molar-refractivity contribution in [1.29, 1.82) is 0 Å². The van der Waals surface area contributed by atoms with Crippen molar-refractivity contribution in [2.75, 3.05) is 14.2 Å². The van der Waals surface area contributed by atoms with E-state index in [4.69, 9.17) is 9.47 Å². The second kappa shape index (κ2) is 3.30. The van der Waals surface area contributed by atoms with E-state index in [0.717, 1.165) is 10.4 Å². The molecule has 1 aromatic carbocycles. The highest BCUT2D eigenvalue weighted by molar-refractivity contribution is 5.41. The Kier molecular flexibility index (Phi) is 2.38. The average molecular weight is 164 g/mol. The van der Waals surface area contributed by atoms with Crippen molar-refractivity contribution in [3.63, 3.8) is 0 Å². The Labute approximate surface area is 71.7 Å². The van der Waals surface area contributed by atoms with E-state index in [1.54, 1.807) is 26.4 Å². The standard InChI is InChI=1S/C10H12O2/c1-7-5-9(11-3)10(12-4)6-8(7)2/h5-6H,1-2H2,3-4H3. The van der Waals surface area contributed by atoms with Gasteiger partial charge in [-0.2, -0.15) is 0 Å². The number of hydrogen-bond donors (Lipinski definition) is 0. The summed E-state index contributed by atoms with van der Waals surface area (Å²) in [6, 6.07) is 3.61. The van der Waals surface area contributed by atoms with Crippen molar-refractivity contribution in [3.05, 3.63) is 22.6 Å². The zero-order valence-corrected chi connectivity index (χ0v) is 7.39. The Morgan fingerprint density at radius 3 is 1.50 bits per heavy atom. The van der Waals surface area contributed by atoms with Gasteiger partial charge >= 0.3 is 0 Å².